The van der Waals surface area contributed by atoms with Crippen LogP contribution in [-0.4, -0.2) is 43.4 Å². The zero-order chi connectivity index (χ0) is 13.8. The first-order chi connectivity index (χ1) is 9.11. The minimum absolute atomic E-state index is 0.0279. The van der Waals surface area contributed by atoms with Gasteiger partial charge in [-0.25, -0.2) is 0 Å². The Morgan fingerprint density at radius 2 is 2.16 bits per heavy atom. The second kappa shape index (κ2) is 5.73. The number of hydrogen-bond acceptors (Lipinski definition) is 3. The number of carbonyl (C=O) groups excluding carboxylic acids is 2. The van der Waals surface area contributed by atoms with Crippen LogP contribution >= 0.6 is 0 Å². The van der Waals surface area contributed by atoms with Gasteiger partial charge in [0.05, 0.1) is 0 Å². The lowest BCUT2D eigenvalue weighted by atomic mass is 10.1. The summed E-state index contributed by atoms with van der Waals surface area (Å²) in [5, 5.41) is 5.78. The molecule has 0 bridgehead atoms. The molecule has 2 rings (SSSR count). The predicted octanol–water partition coefficient (Wildman–Crippen LogP) is 0.618. The van der Waals surface area contributed by atoms with E-state index in [0.29, 0.717) is 19.4 Å². The van der Waals surface area contributed by atoms with E-state index in [1.54, 1.807) is 19.0 Å². The number of nitrogens with one attached hydrogen (secondary N) is 2. The Morgan fingerprint density at radius 1 is 1.42 bits per heavy atom. The summed E-state index contributed by atoms with van der Waals surface area (Å²) in [4.78, 5) is 25.0. The van der Waals surface area contributed by atoms with E-state index in [1.165, 1.54) is 5.56 Å². The molecule has 5 heteroatoms. The van der Waals surface area contributed by atoms with Gasteiger partial charge >= 0.3 is 0 Å². The van der Waals surface area contributed by atoms with Crippen molar-refractivity contribution in [1.29, 1.82) is 0 Å². The summed E-state index contributed by atoms with van der Waals surface area (Å²) in [7, 11) is 3.33. The van der Waals surface area contributed by atoms with Crippen molar-refractivity contribution in [1.82, 2.24) is 10.2 Å². The fourth-order valence-electron chi connectivity index (χ4n) is 2.22. The average molecular weight is 261 g/mol. The van der Waals surface area contributed by atoms with Crippen molar-refractivity contribution in [3.63, 3.8) is 0 Å². The van der Waals surface area contributed by atoms with E-state index in [-0.39, 0.29) is 17.9 Å². The number of likely N-dealkylation sites (N-methyl/N-ethyl adjacent to an activating group) is 1. The average Bonchev–Trinajstić information content (AvgIpc) is 2.87. The number of rotatable bonds is 4. The highest BCUT2D eigenvalue weighted by molar-refractivity contribution is 5.87. The molecule has 1 aromatic rings. The Kier molecular flexibility index (Phi) is 4.04. The highest BCUT2D eigenvalue weighted by atomic mass is 16.2. The van der Waals surface area contributed by atoms with Crippen LogP contribution in [0.3, 0.4) is 0 Å². The van der Waals surface area contributed by atoms with Crippen molar-refractivity contribution >= 4 is 17.5 Å². The number of anilines is 1. The maximum Gasteiger partial charge on any atom is 0.245 e. The molecule has 0 radical (unpaired) electrons. The minimum atomic E-state index is -0.216. The van der Waals surface area contributed by atoms with Gasteiger partial charge in [-0.15, -0.1) is 0 Å². The van der Waals surface area contributed by atoms with E-state index >= 15 is 0 Å². The largest absolute Gasteiger partial charge is 0.373 e. The van der Waals surface area contributed by atoms with Crippen molar-refractivity contribution in [2.75, 3.05) is 26.0 Å². The number of hydrogen-bond donors (Lipinski definition) is 2. The molecule has 1 aliphatic rings. The first-order valence-electron chi connectivity index (χ1n) is 6.42. The molecule has 0 fully saturated rings. The van der Waals surface area contributed by atoms with Crippen molar-refractivity contribution in [2.24, 2.45) is 0 Å². The van der Waals surface area contributed by atoms with Crippen LogP contribution in [0.4, 0.5) is 5.69 Å². The van der Waals surface area contributed by atoms with E-state index < -0.39 is 0 Å². The lowest BCUT2D eigenvalue weighted by Gasteiger charge is -2.21. The van der Waals surface area contributed by atoms with Crippen LogP contribution in [0.5, 0.6) is 0 Å². The third-order valence-corrected chi connectivity index (χ3v) is 3.40. The van der Waals surface area contributed by atoms with Crippen LogP contribution in [0.1, 0.15) is 12.0 Å². The maximum absolute atomic E-state index is 12.2. The zero-order valence-electron chi connectivity index (χ0n) is 11.3. The molecule has 0 aliphatic carbocycles. The molecule has 19 heavy (non-hydrogen) atoms. The van der Waals surface area contributed by atoms with Crippen molar-refractivity contribution in [3.8, 4) is 0 Å². The third-order valence-electron chi connectivity index (χ3n) is 3.40. The molecular weight excluding hydrogens is 242 g/mol. The monoisotopic (exact) mass is 261 g/mol. The van der Waals surface area contributed by atoms with Gasteiger partial charge in [0.1, 0.15) is 6.04 Å². The zero-order valence-corrected chi connectivity index (χ0v) is 11.3. The summed E-state index contributed by atoms with van der Waals surface area (Å²) in [6.07, 6.45) is 1.04. The molecule has 2 N–H and O–H groups in total. The normalized spacial score (nSPS) is 16.4. The Labute approximate surface area is 113 Å². The first-order valence-corrected chi connectivity index (χ1v) is 6.42. The summed E-state index contributed by atoms with van der Waals surface area (Å²) in [5.41, 5.74) is 2.20. The van der Waals surface area contributed by atoms with Gasteiger partial charge in [-0.1, -0.05) is 18.2 Å². The molecule has 1 aromatic carbocycles. The van der Waals surface area contributed by atoms with Crippen molar-refractivity contribution in [3.05, 3.63) is 29.8 Å². The molecule has 0 spiro atoms. The Morgan fingerprint density at radius 3 is 2.84 bits per heavy atom. The van der Waals surface area contributed by atoms with Gasteiger partial charge in [-0.2, -0.15) is 0 Å². The van der Waals surface area contributed by atoms with Crippen molar-refractivity contribution < 1.29 is 9.59 Å². The first kappa shape index (κ1) is 13.4. The number of fused-ring (bicyclic) bond motifs is 1. The number of nitrogens with zero attached hydrogens (tertiary/aromatic N) is 1. The van der Waals surface area contributed by atoms with E-state index in [2.05, 4.69) is 10.6 Å². The van der Waals surface area contributed by atoms with Crippen LogP contribution in [-0.2, 0) is 16.0 Å². The van der Waals surface area contributed by atoms with Gasteiger partial charge in [-0.3, -0.25) is 9.59 Å². The van der Waals surface area contributed by atoms with E-state index in [4.69, 9.17) is 0 Å². The Hall–Kier alpha value is -2.04. The van der Waals surface area contributed by atoms with Crippen LogP contribution in [0.2, 0.25) is 0 Å². The molecule has 102 valence electrons. The van der Waals surface area contributed by atoms with Crippen LogP contribution in [0.15, 0.2) is 24.3 Å². The summed E-state index contributed by atoms with van der Waals surface area (Å²) < 4.78 is 0. The lowest BCUT2D eigenvalue weighted by molar-refractivity contribution is -0.131. The van der Waals surface area contributed by atoms with Gasteiger partial charge in [0.2, 0.25) is 11.8 Å². The summed E-state index contributed by atoms with van der Waals surface area (Å²) in [6.45, 7) is 0.438. The van der Waals surface area contributed by atoms with Crippen LogP contribution in [0.25, 0.3) is 0 Å². The predicted molar refractivity (Wildman–Crippen MR) is 73.9 cm³/mol. The fourth-order valence-corrected chi connectivity index (χ4v) is 2.22. The van der Waals surface area contributed by atoms with E-state index in [0.717, 1.165) is 5.69 Å². The van der Waals surface area contributed by atoms with Crippen LogP contribution < -0.4 is 10.6 Å². The van der Waals surface area contributed by atoms with Gasteiger partial charge < -0.3 is 15.5 Å². The molecule has 5 nitrogen and oxygen atoms in total. The fraction of sp³-hybridized carbons (Fsp3) is 0.429. The second-order valence-electron chi connectivity index (χ2n) is 4.74. The molecular formula is C14H19N3O2. The molecule has 0 saturated heterocycles. The third kappa shape index (κ3) is 3.05. The van der Waals surface area contributed by atoms with E-state index in [1.807, 2.05) is 24.3 Å². The smallest absolute Gasteiger partial charge is 0.245 e. The second-order valence-corrected chi connectivity index (χ2v) is 4.74. The lowest BCUT2D eigenvalue weighted by Crippen LogP contribution is -2.41. The summed E-state index contributed by atoms with van der Waals surface area (Å²) >= 11 is 0. The van der Waals surface area contributed by atoms with Crippen LogP contribution in [0, 0.1) is 0 Å². The van der Waals surface area contributed by atoms with Gasteiger partial charge in [0.25, 0.3) is 0 Å². The molecule has 1 atom stereocenters. The topological polar surface area (TPSA) is 61.4 Å². The summed E-state index contributed by atoms with van der Waals surface area (Å²) in [5.74, 6) is -0.0255. The molecule has 1 heterocycles. The highest BCUT2D eigenvalue weighted by Crippen LogP contribution is 2.25. The van der Waals surface area contributed by atoms with Gasteiger partial charge in [0.15, 0.2) is 0 Å². The number of benzene rings is 1. The standard InChI is InChI=1S/C14H19N3O2/c1-15-13(18)7-8-17(2)14(19)12-9-10-5-3-4-6-11(10)16-12/h3-6,12,16H,7-9H2,1-2H3,(H,15,18)/t12-/m0/s1. The van der Waals surface area contributed by atoms with Gasteiger partial charge in [-0.05, 0) is 11.6 Å². The summed E-state index contributed by atoms with van der Waals surface area (Å²) in [6, 6.07) is 7.72. The SMILES string of the molecule is CNC(=O)CCN(C)C(=O)[C@@H]1Cc2ccccc2N1. The number of carbonyl (C=O) groups is 2. The number of amides is 2. The Balaban J connectivity index is 1.90. The minimum Gasteiger partial charge on any atom is -0.373 e. The molecule has 0 unspecified atom stereocenters. The van der Waals surface area contributed by atoms with Crippen molar-refractivity contribution in [2.45, 2.75) is 18.9 Å². The Bertz CT molecular complexity index is 462. The molecule has 2 amide bonds. The molecule has 1 aliphatic heterocycles. The number of para-hydroxylation sites is 1. The maximum atomic E-state index is 12.2. The van der Waals surface area contributed by atoms with Gasteiger partial charge in [0, 0.05) is 39.2 Å². The molecule has 0 aromatic heterocycles. The van der Waals surface area contributed by atoms with E-state index in [9.17, 15) is 9.59 Å². The molecule has 0 saturated carbocycles. The quantitative estimate of drug-likeness (QED) is 0.835. The highest BCUT2D eigenvalue weighted by Gasteiger charge is 2.28.